The summed E-state index contributed by atoms with van der Waals surface area (Å²) in [4.78, 5) is 16.6. The maximum Gasteiger partial charge on any atom is 0.222 e. The Morgan fingerprint density at radius 2 is 1.75 bits per heavy atom. The van der Waals surface area contributed by atoms with Gasteiger partial charge in [0.2, 0.25) is 5.28 Å². The van der Waals surface area contributed by atoms with E-state index in [-0.39, 0.29) is 11.1 Å². The number of fused-ring (bicyclic) bond motifs is 1. The third kappa shape index (κ3) is 2.81. The molecule has 24 heavy (non-hydrogen) atoms. The first-order valence-electron chi connectivity index (χ1n) is 7.10. The monoisotopic (exact) mass is 340 g/mol. The minimum absolute atomic E-state index is 0.198. The summed E-state index contributed by atoms with van der Waals surface area (Å²) in [6.07, 6.45) is 6.62. The average molecular weight is 341 g/mol. The molecule has 0 radical (unpaired) electrons. The van der Waals surface area contributed by atoms with Crippen LogP contribution in [0.5, 0.6) is 0 Å². The van der Waals surface area contributed by atoms with E-state index in [1.165, 1.54) is 6.07 Å². The van der Waals surface area contributed by atoms with Gasteiger partial charge in [0, 0.05) is 18.0 Å². The van der Waals surface area contributed by atoms with Gasteiger partial charge in [-0.15, -0.1) is 0 Å². The van der Waals surface area contributed by atoms with Crippen LogP contribution in [-0.4, -0.2) is 29.7 Å². The van der Waals surface area contributed by atoms with Crippen LogP contribution in [0.25, 0.3) is 22.8 Å². The van der Waals surface area contributed by atoms with Gasteiger partial charge in [-0.3, -0.25) is 4.68 Å². The molecule has 0 amide bonds. The Morgan fingerprint density at radius 3 is 2.54 bits per heavy atom. The van der Waals surface area contributed by atoms with E-state index in [1.54, 1.807) is 47.7 Å². The fourth-order valence-corrected chi connectivity index (χ4v) is 2.42. The van der Waals surface area contributed by atoms with Crippen LogP contribution in [0.15, 0.2) is 49.1 Å². The molecule has 6 nitrogen and oxygen atoms in total. The number of rotatable bonds is 3. The lowest BCUT2D eigenvalue weighted by atomic mass is 10.2. The van der Waals surface area contributed by atoms with E-state index in [0.29, 0.717) is 29.3 Å². The molecule has 0 saturated carbocycles. The Labute approximate surface area is 141 Å². The van der Waals surface area contributed by atoms with Crippen molar-refractivity contribution in [2.75, 3.05) is 0 Å². The Morgan fingerprint density at radius 1 is 1.00 bits per heavy atom. The number of hydrogen-bond donors (Lipinski definition) is 0. The molecule has 1 aromatic heterocycles. The topological polar surface area (TPSA) is 69.4 Å². The Bertz CT molecular complexity index is 969. The predicted molar refractivity (Wildman–Crippen MR) is 86.0 cm³/mol. The average Bonchev–Trinajstić information content (AvgIpc) is 3.00. The van der Waals surface area contributed by atoms with Gasteiger partial charge in [0.1, 0.15) is 17.2 Å². The Kier molecular flexibility index (Phi) is 3.62. The summed E-state index contributed by atoms with van der Waals surface area (Å²) in [5, 5.41) is 4.48. The molecule has 0 fully saturated rings. The van der Waals surface area contributed by atoms with E-state index in [2.05, 4.69) is 25.0 Å². The quantitative estimate of drug-likeness (QED) is 0.536. The fourth-order valence-electron chi connectivity index (χ4n) is 2.32. The first-order chi connectivity index (χ1) is 11.7. The van der Waals surface area contributed by atoms with Gasteiger partial charge in [0.25, 0.3) is 0 Å². The second-order valence-electron chi connectivity index (χ2n) is 5.13. The molecule has 0 aliphatic carbocycles. The molecule has 0 unspecified atom stereocenters. The van der Waals surface area contributed by atoms with Crippen molar-refractivity contribution < 1.29 is 4.39 Å². The summed E-state index contributed by atoms with van der Waals surface area (Å²) >= 11 is 5.67. The van der Waals surface area contributed by atoms with E-state index >= 15 is 0 Å². The van der Waals surface area contributed by atoms with Crippen LogP contribution in [0.1, 0.15) is 5.56 Å². The van der Waals surface area contributed by atoms with Crippen LogP contribution >= 0.6 is 11.6 Å². The third-order valence-corrected chi connectivity index (χ3v) is 3.64. The number of halogens is 2. The fraction of sp³-hybridized carbons (Fsp3) is 0.0625. The van der Waals surface area contributed by atoms with E-state index in [1.807, 2.05) is 0 Å². The van der Waals surface area contributed by atoms with Crippen molar-refractivity contribution in [3.05, 3.63) is 65.7 Å². The molecule has 1 aromatic carbocycles. The standard InChI is InChI=1S/C16H10ClFN6/c17-16-19-5-10(6-20-16)8-24-9-14-13(7-21-24)22-15(23-14)11-3-1-2-4-12(11)18/h1-7,9H,8H2. The van der Waals surface area contributed by atoms with Crippen LogP contribution < -0.4 is 0 Å². The first kappa shape index (κ1) is 14.6. The van der Waals surface area contributed by atoms with Crippen LogP contribution in [0.4, 0.5) is 4.39 Å². The molecule has 0 bridgehead atoms. The van der Waals surface area contributed by atoms with Crippen LogP contribution in [-0.2, 0) is 6.54 Å². The van der Waals surface area contributed by atoms with Crippen molar-refractivity contribution >= 4 is 11.6 Å². The highest BCUT2D eigenvalue weighted by atomic mass is 35.5. The second-order valence-corrected chi connectivity index (χ2v) is 5.47. The summed E-state index contributed by atoms with van der Waals surface area (Å²) in [6.45, 7) is 0.467. The molecule has 0 atom stereocenters. The molecule has 2 aliphatic rings. The van der Waals surface area contributed by atoms with E-state index < -0.39 is 0 Å². The zero-order valence-electron chi connectivity index (χ0n) is 12.3. The lowest BCUT2D eigenvalue weighted by Crippen LogP contribution is -2.06. The third-order valence-electron chi connectivity index (χ3n) is 3.45. The van der Waals surface area contributed by atoms with Crippen molar-refractivity contribution in [2.45, 2.75) is 6.54 Å². The van der Waals surface area contributed by atoms with Crippen LogP contribution in [0, 0.1) is 5.82 Å². The molecular formula is C16H10ClFN6. The molecule has 4 rings (SSSR count). The molecule has 0 N–H and O–H groups in total. The van der Waals surface area contributed by atoms with Crippen molar-refractivity contribution in [3.63, 3.8) is 0 Å². The zero-order valence-corrected chi connectivity index (χ0v) is 13.0. The van der Waals surface area contributed by atoms with Gasteiger partial charge in [-0.25, -0.2) is 24.3 Å². The van der Waals surface area contributed by atoms with Crippen molar-refractivity contribution in [3.8, 4) is 22.8 Å². The summed E-state index contributed by atoms with van der Waals surface area (Å²) < 4.78 is 15.6. The van der Waals surface area contributed by atoms with Crippen molar-refractivity contribution in [1.29, 1.82) is 0 Å². The summed E-state index contributed by atoms with van der Waals surface area (Å²) in [7, 11) is 0. The maximum atomic E-state index is 13.9. The molecular weight excluding hydrogens is 331 g/mol. The van der Waals surface area contributed by atoms with Gasteiger partial charge in [-0.2, -0.15) is 5.10 Å². The lowest BCUT2D eigenvalue weighted by molar-refractivity contribution is 0.630. The summed E-state index contributed by atoms with van der Waals surface area (Å²) in [5.41, 5.74) is 2.46. The van der Waals surface area contributed by atoms with Crippen molar-refractivity contribution in [2.24, 2.45) is 0 Å². The largest absolute Gasteiger partial charge is 0.266 e. The molecule has 2 aromatic rings. The lowest BCUT2D eigenvalue weighted by Gasteiger charge is -2.05. The molecule has 8 heteroatoms. The number of nitrogens with zero attached hydrogens (tertiary/aromatic N) is 6. The number of hydrogen-bond acceptors (Lipinski definition) is 5. The molecule has 118 valence electrons. The van der Waals surface area contributed by atoms with Gasteiger partial charge in [-0.05, 0) is 23.7 Å². The maximum absolute atomic E-state index is 13.9. The van der Waals surface area contributed by atoms with E-state index in [0.717, 1.165) is 5.56 Å². The minimum atomic E-state index is -0.355. The Balaban J connectivity index is 1.68. The number of aromatic nitrogens is 6. The minimum Gasteiger partial charge on any atom is -0.266 e. The van der Waals surface area contributed by atoms with Gasteiger partial charge < -0.3 is 0 Å². The van der Waals surface area contributed by atoms with Crippen molar-refractivity contribution in [1.82, 2.24) is 29.7 Å². The molecule has 0 spiro atoms. The van der Waals surface area contributed by atoms with E-state index in [4.69, 9.17) is 11.6 Å². The van der Waals surface area contributed by atoms with Gasteiger partial charge in [-0.1, -0.05) is 12.1 Å². The smallest absolute Gasteiger partial charge is 0.222 e. The van der Waals surface area contributed by atoms with Crippen LogP contribution in [0.3, 0.4) is 0 Å². The highest BCUT2D eigenvalue weighted by Gasteiger charge is 2.15. The highest BCUT2D eigenvalue weighted by molar-refractivity contribution is 6.28. The number of benzene rings is 1. The highest BCUT2D eigenvalue weighted by Crippen LogP contribution is 2.25. The van der Waals surface area contributed by atoms with Gasteiger partial charge >= 0.3 is 0 Å². The molecule has 3 heterocycles. The first-order valence-corrected chi connectivity index (χ1v) is 7.48. The second kappa shape index (κ2) is 5.93. The Hall–Kier alpha value is -2.93. The SMILES string of the molecule is Fc1ccccc1-c1nc2cnn(Cc3cnc(Cl)nc3)cc-2n1. The predicted octanol–water partition coefficient (Wildman–Crippen LogP) is 3.08. The van der Waals surface area contributed by atoms with Gasteiger partial charge in [0.05, 0.1) is 24.5 Å². The van der Waals surface area contributed by atoms with Gasteiger partial charge in [0.15, 0.2) is 5.82 Å². The molecule has 2 aliphatic heterocycles. The zero-order chi connectivity index (χ0) is 16.5. The van der Waals surface area contributed by atoms with Crippen LogP contribution in [0.2, 0.25) is 5.28 Å². The molecule has 0 saturated heterocycles. The normalized spacial score (nSPS) is 11.1. The summed E-state index contributed by atoms with van der Waals surface area (Å²) in [5.74, 6) is -0.00979. The number of imidazole rings is 1. The summed E-state index contributed by atoms with van der Waals surface area (Å²) in [6, 6.07) is 6.41. The van der Waals surface area contributed by atoms with E-state index in [9.17, 15) is 4.39 Å².